The summed E-state index contributed by atoms with van der Waals surface area (Å²) < 4.78 is 0.780. The largest absolute Gasteiger partial charge is 0.478 e. The maximum Gasteiger partial charge on any atom is 0.337 e. The SMILES string of the molecule is CC1Cc2ccccc2N(c2ccc(Br)cc2C(=O)O)C1. The highest BCUT2D eigenvalue weighted by Crippen LogP contribution is 2.37. The average Bonchev–Trinajstić information content (AvgIpc) is 2.46. The van der Waals surface area contributed by atoms with Gasteiger partial charge in [-0.15, -0.1) is 0 Å². The van der Waals surface area contributed by atoms with E-state index in [-0.39, 0.29) is 0 Å². The molecule has 3 nitrogen and oxygen atoms in total. The molecule has 0 aromatic heterocycles. The molecule has 0 saturated carbocycles. The minimum atomic E-state index is -0.901. The number of carboxylic acids is 1. The van der Waals surface area contributed by atoms with Crippen molar-refractivity contribution < 1.29 is 9.90 Å². The van der Waals surface area contributed by atoms with Gasteiger partial charge in [0.25, 0.3) is 0 Å². The number of rotatable bonds is 2. The summed E-state index contributed by atoms with van der Waals surface area (Å²) in [5.41, 5.74) is 3.47. The molecular weight excluding hydrogens is 330 g/mol. The highest BCUT2D eigenvalue weighted by molar-refractivity contribution is 9.10. The van der Waals surface area contributed by atoms with Crippen molar-refractivity contribution in [2.24, 2.45) is 5.92 Å². The Morgan fingerprint density at radius 3 is 2.76 bits per heavy atom. The normalized spacial score (nSPS) is 17.4. The van der Waals surface area contributed by atoms with Crippen LogP contribution < -0.4 is 4.90 Å². The highest BCUT2D eigenvalue weighted by Gasteiger charge is 2.25. The predicted molar refractivity (Wildman–Crippen MR) is 87.4 cm³/mol. The topological polar surface area (TPSA) is 40.5 Å². The molecular formula is C17H16BrNO2. The molecule has 0 amide bonds. The van der Waals surface area contributed by atoms with E-state index >= 15 is 0 Å². The van der Waals surface area contributed by atoms with Crippen molar-refractivity contribution in [2.75, 3.05) is 11.4 Å². The zero-order chi connectivity index (χ0) is 15.0. The fourth-order valence-electron chi connectivity index (χ4n) is 2.94. The first-order valence-electron chi connectivity index (χ1n) is 6.94. The fraction of sp³-hybridized carbons (Fsp3) is 0.235. The number of para-hydroxylation sites is 1. The van der Waals surface area contributed by atoms with E-state index in [2.05, 4.69) is 39.9 Å². The molecule has 108 valence electrons. The Bertz CT molecular complexity index is 699. The van der Waals surface area contributed by atoms with E-state index < -0.39 is 5.97 Å². The maximum atomic E-state index is 11.6. The van der Waals surface area contributed by atoms with Crippen LogP contribution in [0.5, 0.6) is 0 Å². The van der Waals surface area contributed by atoms with Crippen molar-refractivity contribution in [3.05, 3.63) is 58.1 Å². The van der Waals surface area contributed by atoms with Gasteiger partial charge in [0, 0.05) is 16.7 Å². The second-order valence-electron chi connectivity index (χ2n) is 5.52. The number of carbonyl (C=O) groups is 1. The van der Waals surface area contributed by atoms with E-state index in [1.165, 1.54) is 5.56 Å². The first-order valence-corrected chi connectivity index (χ1v) is 7.74. The summed E-state index contributed by atoms with van der Waals surface area (Å²) in [5.74, 6) is -0.410. The number of anilines is 2. The lowest BCUT2D eigenvalue weighted by atomic mass is 9.93. The number of hydrogen-bond acceptors (Lipinski definition) is 2. The quantitative estimate of drug-likeness (QED) is 0.872. The van der Waals surface area contributed by atoms with Gasteiger partial charge in [0.1, 0.15) is 0 Å². The number of aromatic carboxylic acids is 1. The highest BCUT2D eigenvalue weighted by atomic mass is 79.9. The van der Waals surface area contributed by atoms with E-state index in [1.54, 1.807) is 6.07 Å². The van der Waals surface area contributed by atoms with Gasteiger partial charge in [0.15, 0.2) is 0 Å². The van der Waals surface area contributed by atoms with Crippen LogP contribution in [0.1, 0.15) is 22.8 Å². The molecule has 0 saturated heterocycles. The Hall–Kier alpha value is -1.81. The molecule has 2 aromatic rings. The number of carboxylic acid groups (broad SMARTS) is 1. The Labute approximate surface area is 132 Å². The molecule has 1 heterocycles. The van der Waals surface area contributed by atoms with Gasteiger partial charge >= 0.3 is 5.97 Å². The average molecular weight is 346 g/mol. The van der Waals surface area contributed by atoms with Gasteiger partial charge in [0.2, 0.25) is 0 Å². The molecule has 1 aliphatic heterocycles. The van der Waals surface area contributed by atoms with Crippen LogP contribution in [0.25, 0.3) is 0 Å². The lowest BCUT2D eigenvalue weighted by molar-refractivity contribution is 0.0697. The summed E-state index contributed by atoms with van der Waals surface area (Å²) in [6, 6.07) is 13.7. The van der Waals surface area contributed by atoms with Crippen molar-refractivity contribution in [1.82, 2.24) is 0 Å². The van der Waals surface area contributed by atoms with Crippen molar-refractivity contribution in [3.8, 4) is 0 Å². The monoisotopic (exact) mass is 345 g/mol. The number of benzene rings is 2. The van der Waals surface area contributed by atoms with E-state index in [0.29, 0.717) is 11.5 Å². The molecule has 1 aliphatic rings. The number of fused-ring (bicyclic) bond motifs is 1. The van der Waals surface area contributed by atoms with Gasteiger partial charge in [-0.05, 0) is 42.2 Å². The molecule has 1 N–H and O–H groups in total. The summed E-state index contributed by atoms with van der Waals surface area (Å²) in [7, 11) is 0. The van der Waals surface area contributed by atoms with Crippen molar-refractivity contribution in [1.29, 1.82) is 0 Å². The Balaban J connectivity index is 2.15. The first kappa shape index (κ1) is 14.1. The third-order valence-corrected chi connectivity index (χ3v) is 4.32. The fourth-order valence-corrected chi connectivity index (χ4v) is 3.30. The van der Waals surface area contributed by atoms with Crippen molar-refractivity contribution >= 4 is 33.3 Å². The van der Waals surface area contributed by atoms with E-state index in [4.69, 9.17) is 0 Å². The third-order valence-electron chi connectivity index (χ3n) is 3.82. The van der Waals surface area contributed by atoms with Crippen molar-refractivity contribution in [3.63, 3.8) is 0 Å². The van der Waals surface area contributed by atoms with Crippen LogP contribution in [-0.4, -0.2) is 17.6 Å². The zero-order valence-corrected chi connectivity index (χ0v) is 13.3. The molecule has 0 radical (unpaired) electrons. The van der Waals surface area contributed by atoms with Gasteiger partial charge in [-0.3, -0.25) is 0 Å². The molecule has 21 heavy (non-hydrogen) atoms. The number of halogens is 1. The van der Waals surface area contributed by atoms with Crippen LogP contribution in [-0.2, 0) is 6.42 Å². The molecule has 0 bridgehead atoms. The second kappa shape index (κ2) is 5.53. The van der Waals surface area contributed by atoms with Crippen LogP contribution >= 0.6 is 15.9 Å². The number of hydrogen-bond donors (Lipinski definition) is 1. The molecule has 2 aromatic carbocycles. The summed E-state index contributed by atoms with van der Waals surface area (Å²) in [4.78, 5) is 13.7. The lowest BCUT2D eigenvalue weighted by Crippen LogP contribution is -2.31. The molecule has 1 atom stereocenters. The van der Waals surface area contributed by atoms with Crippen LogP contribution in [0.15, 0.2) is 46.9 Å². The summed E-state index contributed by atoms with van der Waals surface area (Å²) in [6.07, 6.45) is 1.03. The van der Waals surface area contributed by atoms with Crippen LogP contribution in [0, 0.1) is 5.92 Å². The summed E-state index contributed by atoms with van der Waals surface area (Å²) >= 11 is 3.35. The van der Waals surface area contributed by atoms with Crippen LogP contribution in [0.4, 0.5) is 11.4 Å². The molecule has 1 unspecified atom stereocenters. The molecule has 0 aliphatic carbocycles. The summed E-state index contributed by atoms with van der Waals surface area (Å²) in [6.45, 7) is 3.03. The van der Waals surface area contributed by atoms with Crippen LogP contribution in [0.3, 0.4) is 0 Å². The van der Waals surface area contributed by atoms with Gasteiger partial charge < -0.3 is 10.0 Å². The van der Waals surface area contributed by atoms with E-state index in [0.717, 1.165) is 28.8 Å². The molecule has 0 fully saturated rings. The maximum absolute atomic E-state index is 11.6. The molecule has 3 rings (SSSR count). The molecule has 4 heteroatoms. The van der Waals surface area contributed by atoms with E-state index in [9.17, 15) is 9.90 Å². The van der Waals surface area contributed by atoms with Gasteiger partial charge in [-0.25, -0.2) is 4.79 Å². The Morgan fingerprint density at radius 2 is 2.00 bits per heavy atom. The predicted octanol–water partition coefficient (Wildman–Crippen LogP) is 4.48. The van der Waals surface area contributed by atoms with Crippen LogP contribution in [0.2, 0.25) is 0 Å². The lowest BCUT2D eigenvalue weighted by Gasteiger charge is -2.35. The minimum absolute atomic E-state index is 0.327. The third kappa shape index (κ3) is 2.68. The van der Waals surface area contributed by atoms with Gasteiger partial charge in [-0.2, -0.15) is 0 Å². The van der Waals surface area contributed by atoms with Gasteiger partial charge in [0.05, 0.1) is 11.3 Å². The van der Waals surface area contributed by atoms with E-state index in [1.807, 2.05) is 24.3 Å². The first-order chi connectivity index (χ1) is 10.1. The zero-order valence-electron chi connectivity index (χ0n) is 11.7. The number of nitrogens with zero attached hydrogens (tertiary/aromatic N) is 1. The van der Waals surface area contributed by atoms with Crippen molar-refractivity contribution in [2.45, 2.75) is 13.3 Å². The summed E-state index contributed by atoms with van der Waals surface area (Å²) in [5, 5.41) is 9.49. The smallest absolute Gasteiger partial charge is 0.337 e. The Kier molecular flexibility index (Phi) is 3.72. The molecule has 0 spiro atoms. The second-order valence-corrected chi connectivity index (χ2v) is 6.43. The van der Waals surface area contributed by atoms with Gasteiger partial charge in [-0.1, -0.05) is 41.1 Å². The minimum Gasteiger partial charge on any atom is -0.478 e. The standard InChI is InChI=1S/C17H16BrNO2/c1-11-8-12-4-2-3-5-15(12)19(10-11)16-7-6-13(18)9-14(16)17(20)21/h2-7,9,11H,8,10H2,1H3,(H,20,21). The Morgan fingerprint density at radius 1 is 1.24 bits per heavy atom.